The van der Waals surface area contributed by atoms with Crippen LogP contribution in [0.2, 0.25) is 0 Å². The predicted molar refractivity (Wildman–Crippen MR) is 44.5 cm³/mol. The van der Waals surface area contributed by atoms with E-state index in [1.165, 1.54) is 0 Å². The summed E-state index contributed by atoms with van der Waals surface area (Å²) >= 11 is 0. The molecule has 0 aromatic rings. The maximum Gasteiger partial charge on any atom is 0.250 e. The minimum absolute atomic E-state index is 0.0797. The van der Waals surface area contributed by atoms with Crippen molar-refractivity contribution in [3.8, 4) is 0 Å². The van der Waals surface area contributed by atoms with E-state index < -0.39 is 6.43 Å². The smallest absolute Gasteiger partial charge is 0.250 e. The van der Waals surface area contributed by atoms with Gasteiger partial charge in [-0.3, -0.25) is 0 Å². The maximum atomic E-state index is 11.7. The Labute approximate surface area is 72.3 Å². The summed E-state index contributed by atoms with van der Waals surface area (Å²) in [4.78, 5) is 0. The number of alkyl halides is 2. The van der Waals surface area contributed by atoms with Gasteiger partial charge in [0.2, 0.25) is 0 Å². The third-order valence-corrected chi connectivity index (χ3v) is 1.44. The highest BCUT2D eigenvalue weighted by molar-refractivity contribution is 4.70. The Hall–Kier alpha value is -0.220. The molecule has 4 heteroatoms. The second-order valence-corrected chi connectivity index (χ2v) is 3.62. The number of nitrogens with one attached hydrogen (secondary N) is 1. The van der Waals surface area contributed by atoms with Crippen LogP contribution < -0.4 is 5.32 Å². The number of halogens is 2. The molecule has 2 nitrogen and oxygen atoms in total. The molecule has 0 atom stereocenters. The van der Waals surface area contributed by atoms with Crippen molar-refractivity contribution in [2.45, 2.75) is 20.3 Å². The van der Waals surface area contributed by atoms with E-state index in [0.29, 0.717) is 13.2 Å². The first kappa shape index (κ1) is 11.8. The first-order chi connectivity index (χ1) is 5.48. The van der Waals surface area contributed by atoms with Crippen LogP contribution in [0.4, 0.5) is 8.78 Å². The van der Waals surface area contributed by atoms with Crippen molar-refractivity contribution >= 4 is 0 Å². The van der Waals surface area contributed by atoms with Crippen LogP contribution in [0.25, 0.3) is 0 Å². The maximum absolute atomic E-state index is 11.7. The van der Waals surface area contributed by atoms with Crippen molar-refractivity contribution in [3.05, 3.63) is 0 Å². The zero-order valence-corrected chi connectivity index (χ0v) is 7.86. The monoisotopic (exact) mass is 181 g/mol. The molecule has 12 heavy (non-hydrogen) atoms. The molecule has 0 fully saturated rings. The molecular weight excluding hydrogens is 164 g/mol. The van der Waals surface area contributed by atoms with E-state index in [4.69, 9.17) is 4.74 Å². The molecule has 0 aromatic heterocycles. The first-order valence-electron chi connectivity index (χ1n) is 3.96. The first-order valence-corrected chi connectivity index (χ1v) is 3.96. The Morgan fingerprint density at radius 2 is 2.00 bits per heavy atom. The van der Waals surface area contributed by atoms with E-state index in [1.54, 1.807) is 7.11 Å². The van der Waals surface area contributed by atoms with Crippen LogP contribution in [0.1, 0.15) is 13.8 Å². The topological polar surface area (TPSA) is 21.3 Å². The fraction of sp³-hybridized carbons (Fsp3) is 1.00. The van der Waals surface area contributed by atoms with Gasteiger partial charge in [0.1, 0.15) is 0 Å². The molecule has 0 heterocycles. The minimum Gasteiger partial charge on any atom is -0.384 e. The second kappa shape index (κ2) is 5.43. The lowest BCUT2D eigenvalue weighted by atomic mass is 9.95. The molecule has 0 aromatic carbocycles. The molecule has 0 saturated heterocycles. The lowest BCUT2D eigenvalue weighted by Gasteiger charge is -2.23. The molecule has 1 N–H and O–H groups in total. The molecule has 0 saturated carbocycles. The van der Waals surface area contributed by atoms with Crippen LogP contribution in [0.15, 0.2) is 0 Å². The van der Waals surface area contributed by atoms with Crippen LogP contribution in [0.3, 0.4) is 0 Å². The van der Waals surface area contributed by atoms with Crippen molar-refractivity contribution < 1.29 is 13.5 Å². The Bertz CT molecular complexity index is 118. The van der Waals surface area contributed by atoms with Crippen molar-refractivity contribution in [1.82, 2.24) is 5.32 Å². The standard InChI is InChI=1S/C8H17F2NO/c1-8(2,6-12-3)5-11-4-7(9)10/h7,11H,4-6H2,1-3H3. The molecular formula is C8H17F2NO. The zero-order valence-electron chi connectivity index (χ0n) is 7.86. The summed E-state index contributed by atoms with van der Waals surface area (Å²) in [6.07, 6.45) is -2.27. The van der Waals surface area contributed by atoms with Crippen LogP contribution in [0, 0.1) is 5.41 Å². The van der Waals surface area contributed by atoms with Crippen molar-refractivity contribution in [2.75, 3.05) is 26.8 Å². The van der Waals surface area contributed by atoms with Gasteiger partial charge in [0.15, 0.2) is 0 Å². The van der Waals surface area contributed by atoms with Crippen LogP contribution in [0.5, 0.6) is 0 Å². The number of methoxy groups -OCH3 is 1. The van der Waals surface area contributed by atoms with E-state index >= 15 is 0 Å². The van der Waals surface area contributed by atoms with E-state index in [-0.39, 0.29) is 12.0 Å². The third kappa shape index (κ3) is 6.49. The molecule has 0 amide bonds. The number of hydrogen-bond acceptors (Lipinski definition) is 2. The Morgan fingerprint density at radius 3 is 2.42 bits per heavy atom. The predicted octanol–water partition coefficient (Wildman–Crippen LogP) is 1.51. The molecule has 0 unspecified atom stereocenters. The van der Waals surface area contributed by atoms with Crippen LogP contribution in [-0.4, -0.2) is 33.2 Å². The zero-order chi connectivity index (χ0) is 9.61. The normalized spacial score (nSPS) is 12.5. The number of ether oxygens (including phenoxy) is 1. The average molecular weight is 181 g/mol. The molecule has 0 spiro atoms. The highest BCUT2D eigenvalue weighted by Crippen LogP contribution is 2.13. The Kier molecular flexibility index (Phi) is 5.33. The van der Waals surface area contributed by atoms with Crippen LogP contribution >= 0.6 is 0 Å². The number of rotatable bonds is 6. The summed E-state index contributed by atoms with van der Waals surface area (Å²) in [5.41, 5.74) is -0.0797. The molecule has 0 aliphatic carbocycles. The van der Waals surface area contributed by atoms with Gasteiger partial charge in [-0.1, -0.05) is 13.8 Å². The van der Waals surface area contributed by atoms with Gasteiger partial charge in [0.05, 0.1) is 13.2 Å². The van der Waals surface area contributed by atoms with E-state index in [0.717, 1.165) is 0 Å². The van der Waals surface area contributed by atoms with Crippen molar-refractivity contribution in [1.29, 1.82) is 0 Å². The van der Waals surface area contributed by atoms with Gasteiger partial charge in [0, 0.05) is 19.1 Å². The fourth-order valence-corrected chi connectivity index (χ4v) is 0.961. The highest BCUT2D eigenvalue weighted by Gasteiger charge is 2.17. The van der Waals surface area contributed by atoms with Crippen molar-refractivity contribution in [2.24, 2.45) is 5.41 Å². The second-order valence-electron chi connectivity index (χ2n) is 3.62. The molecule has 74 valence electrons. The highest BCUT2D eigenvalue weighted by atomic mass is 19.3. The molecule has 0 radical (unpaired) electrons. The molecule has 0 bridgehead atoms. The van der Waals surface area contributed by atoms with Gasteiger partial charge in [0.25, 0.3) is 6.43 Å². The third-order valence-electron chi connectivity index (χ3n) is 1.44. The molecule has 0 rings (SSSR count). The lowest BCUT2D eigenvalue weighted by Crippen LogP contribution is -2.35. The van der Waals surface area contributed by atoms with Gasteiger partial charge in [-0.15, -0.1) is 0 Å². The van der Waals surface area contributed by atoms with E-state index in [2.05, 4.69) is 5.32 Å². The van der Waals surface area contributed by atoms with Gasteiger partial charge in [-0.25, -0.2) is 8.78 Å². The van der Waals surface area contributed by atoms with E-state index in [1.807, 2.05) is 13.8 Å². The largest absolute Gasteiger partial charge is 0.384 e. The van der Waals surface area contributed by atoms with Gasteiger partial charge < -0.3 is 10.1 Å². The Balaban J connectivity index is 3.46. The summed E-state index contributed by atoms with van der Waals surface area (Å²) in [5, 5.41) is 2.68. The summed E-state index contributed by atoms with van der Waals surface area (Å²) in [6.45, 7) is 4.81. The summed E-state index contributed by atoms with van der Waals surface area (Å²) in [7, 11) is 1.61. The van der Waals surface area contributed by atoms with E-state index in [9.17, 15) is 8.78 Å². The molecule has 0 aliphatic rings. The Morgan fingerprint density at radius 1 is 1.42 bits per heavy atom. The number of hydrogen-bond donors (Lipinski definition) is 1. The van der Waals surface area contributed by atoms with Gasteiger partial charge in [-0.2, -0.15) is 0 Å². The summed E-state index contributed by atoms with van der Waals surface area (Å²) in [6, 6.07) is 0. The summed E-state index contributed by atoms with van der Waals surface area (Å²) < 4.78 is 28.3. The fourth-order valence-electron chi connectivity index (χ4n) is 0.961. The average Bonchev–Trinajstić information content (AvgIpc) is 1.85. The SMILES string of the molecule is COCC(C)(C)CNCC(F)F. The molecule has 0 aliphatic heterocycles. The lowest BCUT2D eigenvalue weighted by molar-refractivity contribution is 0.0942. The van der Waals surface area contributed by atoms with Crippen LogP contribution in [-0.2, 0) is 4.74 Å². The minimum atomic E-state index is -2.27. The summed E-state index contributed by atoms with van der Waals surface area (Å²) in [5.74, 6) is 0. The van der Waals surface area contributed by atoms with Gasteiger partial charge >= 0.3 is 0 Å². The van der Waals surface area contributed by atoms with Gasteiger partial charge in [-0.05, 0) is 0 Å². The van der Waals surface area contributed by atoms with Crippen molar-refractivity contribution in [3.63, 3.8) is 0 Å². The quantitative estimate of drug-likeness (QED) is 0.670.